The molecule has 1 aromatic rings. The molecule has 1 aromatic carbocycles. The van der Waals surface area contributed by atoms with E-state index in [1.54, 1.807) is 23.9 Å². The summed E-state index contributed by atoms with van der Waals surface area (Å²) in [6.45, 7) is 6.31. The van der Waals surface area contributed by atoms with Crippen molar-refractivity contribution in [3.05, 3.63) is 23.8 Å². The van der Waals surface area contributed by atoms with Gasteiger partial charge in [0, 0.05) is 9.64 Å². The number of thioether (sulfide) groups is 1. The first kappa shape index (κ1) is 11.1. The van der Waals surface area contributed by atoms with Crippen LogP contribution in [0.5, 0.6) is 5.75 Å². The van der Waals surface area contributed by atoms with Gasteiger partial charge in [0.2, 0.25) is 0 Å². The molecule has 0 heterocycles. The number of carbonyl (C=O) groups excluding carboxylic acids is 1. The van der Waals surface area contributed by atoms with Gasteiger partial charge in [0.05, 0.1) is 5.56 Å². The average Bonchev–Trinajstić information content (AvgIpc) is 2.06. The molecule has 0 saturated carbocycles. The Bertz CT molecular complexity index is 340. The monoisotopic (exact) mass is 210 g/mol. The second kappa shape index (κ2) is 4.05. The topological polar surface area (TPSA) is 37.3 Å². The van der Waals surface area contributed by atoms with E-state index < -0.39 is 0 Å². The highest BCUT2D eigenvalue weighted by Gasteiger charge is 2.12. The van der Waals surface area contributed by atoms with Crippen molar-refractivity contribution >= 4 is 18.0 Å². The number of hydrogen-bond acceptors (Lipinski definition) is 3. The van der Waals surface area contributed by atoms with Crippen molar-refractivity contribution in [1.29, 1.82) is 0 Å². The lowest BCUT2D eigenvalue weighted by Crippen LogP contribution is -2.06. The van der Waals surface area contributed by atoms with Crippen LogP contribution in [0.15, 0.2) is 23.1 Å². The Morgan fingerprint density at radius 3 is 2.50 bits per heavy atom. The molecule has 0 aliphatic heterocycles. The van der Waals surface area contributed by atoms with Crippen LogP contribution < -0.4 is 0 Å². The van der Waals surface area contributed by atoms with Crippen LogP contribution in [-0.4, -0.2) is 16.1 Å². The van der Waals surface area contributed by atoms with Gasteiger partial charge in [-0.05, 0) is 18.2 Å². The number of phenolic OH excluding ortho intramolecular Hbond substituents is 1. The minimum atomic E-state index is 0.0401. The largest absolute Gasteiger partial charge is 0.507 e. The van der Waals surface area contributed by atoms with Crippen LogP contribution in [0.1, 0.15) is 31.1 Å². The van der Waals surface area contributed by atoms with E-state index in [1.807, 2.05) is 6.07 Å². The third kappa shape index (κ3) is 3.07. The highest BCUT2D eigenvalue weighted by atomic mass is 32.2. The van der Waals surface area contributed by atoms with E-state index >= 15 is 0 Å². The molecule has 0 amide bonds. The van der Waals surface area contributed by atoms with Crippen molar-refractivity contribution in [2.24, 2.45) is 0 Å². The third-order valence-electron chi connectivity index (χ3n) is 1.55. The van der Waals surface area contributed by atoms with Gasteiger partial charge in [0.25, 0.3) is 0 Å². The lowest BCUT2D eigenvalue weighted by Gasteiger charge is -2.17. The Hall–Kier alpha value is -0.960. The fourth-order valence-corrected chi connectivity index (χ4v) is 2.07. The normalized spacial score (nSPS) is 11.4. The zero-order chi connectivity index (χ0) is 10.8. The van der Waals surface area contributed by atoms with E-state index in [-0.39, 0.29) is 10.5 Å². The van der Waals surface area contributed by atoms with E-state index in [4.69, 9.17) is 0 Å². The third-order valence-corrected chi connectivity index (χ3v) is 2.65. The first-order valence-electron chi connectivity index (χ1n) is 4.39. The van der Waals surface area contributed by atoms with Crippen LogP contribution in [0.3, 0.4) is 0 Å². The number of carbonyl (C=O) groups is 1. The summed E-state index contributed by atoms with van der Waals surface area (Å²) in [6, 6.07) is 5.08. The van der Waals surface area contributed by atoms with Crippen LogP contribution in [0.2, 0.25) is 0 Å². The Labute approximate surface area is 88.3 Å². The highest BCUT2D eigenvalue weighted by molar-refractivity contribution is 8.00. The molecule has 0 aromatic heterocycles. The molecule has 0 radical (unpaired) electrons. The summed E-state index contributed by atoms with van der Waals surface area (Å²) in [6.07, 6.45) is 0.669. The van der Waals surface area contributed by atoms with Crippen LogP contribution in [0.25, 0.3) is 0 Å². The summed E-state index contributed by atoms with van der Waals surface area (Å²) in [5.74, 6) is 0.0401. The summed E-state index contributed by atoms with van der Waals surface area (Å²) >= 11 is 1.67. The smallest absolute Gasteiger partial charge is 0.153 e. The molecule has 0 saturated heterocycles. The van der Waals surface area contributed by atoms with Gasteiger partial charge in [-0.2, -0.15) is 0 Å². The van der Waals surface area contributed by atoms with Gasteiger partial charge < -0.3 is 5.11 Å². The lowest BCUT2D eigenvalue weighted by molar-refractivity contribution is 0.112. The number of hydrogen-bond donors (Lipinski definition) is 1. The van der Waals surface area contributed by atoms with E-state index in [2.05, 4.69) is 20.8 Å². The highest BCUT2D eigenvalue weighted by Crippen LogP contribution is 2.33. The first-order chi connectivity index (χ1) is 6.42. The van der Waals surface area contributed by atoms with Gasteiger partial charge >= 0.3 is 0 Å². The summed E-state index contributed by atoms with van der Waals surface area (Å²) in [7, 11) is 0. The van der Waals surface area contributed by atoms with Crippen molar-refractivity contribution in [2.75, 3.05) is 0 Å². The van der Waals surface area contributed by atoms with E-state index in [0.29, 0.717) is 11.8 Å². The Kier molecular flexibility index (Phi) is 3.21. The fourth-order valence-electron chi connectivity index (χ4n) is 1.04. The number of rotatable bonds is 2. The van der Waals surface area contributed by atoms with E-state index in [0.717, 1.165) is 4.90 Å². The van der Waals surface area contributed by atoms with Crippen molar-refractivity contribution < 1.29 is 9.90 Å². The molecule has 0 aliphatic rings. The lowest BCUT2D eigenvalue weighted by atomic mass is 10.2. The van der Waals surface area contributed by atoms with Crippen LogP contribution in [-0.2, 0) is 0 Å². The predicted molar refractivity (Wildman–Crippen MR) is 59.1 cm³/mol. The Morgan fingerprint density at radius 2 is 2.00 bits per heavy atom. The molecule has 0 bridgehead atoms. The van der Waals surface area contributed by atoms with Gasteiger partial charge in [-0.25, -0.2) is 0 Å². The maximum atomic E-state index is 10.6. The molecule has 1 rings (SSSR count). The fraction of sp³-hybridized carbons (Fsp3) is 0.364. The molecule has 0 unspecified atom stereocenters. The van der Waals surface area contributed by atoms with Gasteiger partial charge in [-0.1, -0.05) is 20.8 Å². The number of aldehydes is 1. The van der Waals surface area contributed by atoms with Crippen molar-refractivity contribution in [2.45, 2.75) is 30.4 Å². The van der Waals surface area contributed by atoms with Crippen LogP contribution in [0.4, 0.5) is 0 Å². The first-order valence-corrected chi connectivity index (χ1v) is 5.21. The summed E-state index contributed by atoms with van der Waals surface area (Å²) in [4.78, 5) is 11.6. The second-order valence-corrected chi connectivity index (χ2v) is 5.95. The van der Waals surface area contributed by atoms with Gasteiger partial charge in [0.1, 0.15) is 5.75 Å². The quantitative estimate of drug-likeness (QED) is 0.602. The molecule has 2 nitrogen and oxygen atoms in total. The molecule has 76 valence electrons. The number of benzene rings is 1. The number of phenols is 1. The molecular weight excluding hydrogens is 196 g/mol. The predicted octanol–water partition coefficient (Wildman–Crippen LogP) is 3.10. The van der Waals surface area contributed by atoms with Gasteiger partial charge in [0.15, 0.2) is 6.29 Å². The molecule has 0 fully saturated rings. The molecule has 0 aliphatic carbocycles. The van der Waals surface area contributed by atoms with Crippen molar-refractivity contribution in [1.82, 2.24) is 0 Å². The summed E-state index contributed by atoms with van der Waals surface area (Å²) in [5, 5.41) is 9.29. The average molecular weight is 210 g/mol. The SMILES string of the molecule is CC(C)(C)Sc1ccc(O)c(C=O)c1. The molecule has 3 heteroatoms. The molecule has 14 heavy (non-hydrogen) atoms. The Balaban J connectivity index is 2.95. The number of aromatic hydroxyl groups is 1. The van der Waals surface area contributed by atoms with E-state index in [1.165, 1.54) is 0 Å². The van der Waals surface area contributed by atoms with Crippen molar-refractivity contribution in [3.63, 3.8) is 0 Å². The second-order valence-electron chi connectivity index (χ2n) is 4.05. The van der Waals surface area contributed by atoms with Gasteiger partial charge in [-0.15, -0.1) is 11.8 Å². The van der Waals surface area contributed by atoms with Crippen molar-refractivity contribution in [3.8, 4) is 5.75 Å². The minimum absolute atomic E-state index is 0.0401. The maximum absolute atomic E-state index is 10.6. The van der Waals surface area contributed by atoms with E-state index in [9.17, 15) is 9.90 Å². The molecule has 0 spiro atoms. The molecule has 0 atom stereocenters. The zero-order valence-corrected chi connectivity index (χ0v) is 9.39. The Morgan fingerprint density at radius 1 is 1.36 bits per heavy atom. The minimum Gasteiger partial charge on any atom is -0.507 e. The van der Waals surface area contributed by atoms with Crippen LogP contribution >= 0.6 is 11.8 Å². The summed E-state index contributed by atoms with van der Waals surface area (Å²) < 4.78 is 0.108. The molecular formula is C11H14O2S. The van der Waals surface area contributed by atoms with Crippen LogP contribution in [0, 0.1) is 0 Å². The summed E-state index contributed by atoms with van der Waals surface area (Å²) in [5.41, 5.74) is 0.347. The molecule has 1 N–H and O–H groups in total. The van der Waals surface area contributed by atoms with Gasteiger partial charge in [-0.3, -0.25) is 4.79 Å². The standard InChI is InChI=1S/C11H14O2S/c1-11(2,3)14-9-4-5-10(13)8(6-9)7-12/h4-7,13H,1-3H3. The maximum Gasteiger partial charge on any atom is 0.153 e. The zero-order valence-electron chi connectivity index (χ0n) is 8.57.